The average Bonchev–Trinajstić information content (AvgIpc) is 2.98. The Bertz CT molecular complexity index is 683. The van der Waals surface area contributed by atoms with Crippen LogP contribution in [0.2, 0.25) is 0 Å². The van der Waals surface area contributed by atoms with Crippen LogP contribution >= 0.6 is 0 Å². The summed E-state index contributed by atoms with van der Waals surface area (Å²) >= 11 is 0. The van der Waals surface area contributed by atoms with Gasteiger partial charge in [-0.2, -0.15) is 0 Å². The first-order valence-electron chi connectivity index (χ1n) is 12.2. The van der Waals surface area contributed by atoms with Crippen LogP contribution in [0.5, 0.6) is 0 Å². The predicted octanol–water partition coefficient (Wildman–Crippen LogP) is 5.70. The summed E-state index contributed by atoms with van der Waals surface area (Å²) in [6, 6.07) is 0. The lowest BCUT2D eigenvalue weighted by molar-refractivity contribution is 0.000134. The van der Waals surface area contributed by atoms with Crippen molar-refractivity contribution in [3.05, 3.63) is 35.5 Å². The van der Waals surface area contributed by atoms with Crippen LogP contribution in [0.15, 0.2) is 35.5 Å². The highest BCUT2D eigenvalue weighted by Crippen LogP contribution is 2.60. The third-order valence-corrected chi connectivity index (χ3v) is 8.29. The zero-order valence-corrected chi connectivity index (χ0v) is 19.7. The van der Waals surface area contributed by atoms with E-state index in [0.29, 0.717) is 29.6 Å². The van der Waals surface area contributed by atoms with Gasteiger partial charge in [0.2, 0.25) is 0 Å². The van der Waals surface area contributed by atoms with E-state index in [1.165, 1.54) is 43.3 Å². The van der Waals surface area contributed by atoms with Crippen molar-refractivity contribution < 1.29 is 15.3 Å². The number of fused-ring (bicyclic) bond motifs is 1. The van der Waals surface area contributed by atoms with E-state index in [4.69, 9.17) is 0 Å². The molecule has 3 heteroatoms. The molecular weight excluding hydrogens is 372 g/mol. The van der Waals surface area contributed by atoms with Crippen molar-refractivity contribution in [1.82, 2.24) is 0 Å². The van der Waals surface area contributed by atoms with Crippen LogP contribution < -0.4 is 0 Å². The van der Waals surface area contributed by atoms with Gasteiger partial charge in [0.25, 0.3) is 0 Å². The Labute approximate surface area is 184 Å². The fourth-order valence-corrected chi connectivity index (χ4v) is 6.86. The predicted molar refractivity (Wildman–Crippen MR) is 124 cm³/mol. The van der Waals surface area contributed by atoms with Crippen LogP contribution in [0.25, 0.3) is 0 Å². The van der Waals surface area contributed by atoms with Gasteiger partial charge >= 0.3 is 0 Å². The monoisotopic (exact) mass is 416 g/mol. The second kappa shape index (κ2) is 9.30. The molecule has 3 fully saturated rings. The highest BCUT2D eigenvalue weighted by atomic mass is 16.3. The van der Waals surface area contributed by atoms with Crippen molar-refractivity contribution >= 4 is 0 Å². The fourth-order valence-electron chi connectivity index (χ4n) is 6.86. The summed E-state index contributed by atoms with van der Waals surface area (Å²) < 4.78 is 0. The molecule has 0 aliphatic heterocycles. The maximum atomic E-state index is 10.5. The number of hydrogen-bond acceptors (Lipinski definition) is 3. The Hall–Kier alpha value is -0.900. The van der Waals surface area contributed by atoms with Crippen LogP contribution in [0, 0.1) is 23.2 Å². The minimum Gasteiger partial charge on any atom is -0.393 e. The number of rotatable bonds is 6. The molecule has 0 heterocycles. The van der Waals surface area contributed by atoms with Gasteiger partial charge in [0, 0.05) is 6.42 Å². The van der Waals surface area contributed by atoms with Crippen LogP contribution in [0.3, 0.4) is 0 Å². The molecule has 0 bridgehead atoms. The van der Waals surface area contributed by atoms with Gasteiger partial charge in [0.1, 0.15) is 0 Å². The van der Waals surface area contributed by atoms with Gasteiger partial charge in [-0.1, -0.05) is 43.7 Å². The van der Waals surface area contributed by atoms with E-state index < -0.39 is 11.7 Å². The van der Waals surface area contributed by atoms with E-state index in [1.807, 2.05) is 0 Å². The minimum atomic E-state index is -0.813. The van der Waals surface area contributed by atoms with Gasteiger partial charge in [0.05, 0.1) is 17.8 Å². The molecule has 3 aliphatic rings. The van der Waals surface area contributed by atoms with Crippen LogP contribution in [-0.2, 0) is 0 Å². The summed E-state index contributed by atoms with van der Waals surface area (Å²) in [5.41, 5.74) is 3.49. The van der Waals surface area contributed by atoms with Crippen LogP contribution in [0.1, 0.15) is 91.9 Å². The second-order valence-corrected chi connectivity index (χ2v) is 11.4. The van der Waals surface area contributed by atoms with Gasteiger partial charge in [-0.25, -0.2) is 0 Å². The summed E-state index contributed by atoms with van der Waals surface area (Å²) in [6.07, 6.45) is 13.8. The van der Waals surface area contributed by atoms with E-state index in [1.54, 1.807) is 19.4 Å². The maximum absolute atomic E-state index is 10.5. The lowest BCUT2D eigenvalue weighted by atomic mass is 9.60. The average molecular weight is 417 g/mol. The Morgan fingerprint density at radius 3 is 2.63 bits per heavy atom. The van der Waals surface area contributed by atoms with Crippen LogP contribution in [-0.4, -0.2) is 33.1 Å². The highest BCUT2D eigenvalue weighted by Gasteiger charge is 2.50. The smallest absolute Gasteiger partial charge is 0.0616 e. The van der Waals surface area contributed by atoms with Gasteiger partial charge < -0.3 is 15.3 Å². The van der Waals surface area contributed by atoms with Gasteiger partial charge in [0.15, 0.2) is 0 Å². The van der Waals surface area contributed by atoms with E-state index >= 15 is 0 Å². The standard InChI is InChI=1S/C27H44O3/c1-18-8-11-22(28)16-21(18)10-9-20-7-6-14-27(5)24(12-13-25(20)27)19(2)15-23(29)17-26(3,4)30/h9-10,19,22-25,28-30H,1,6-8,11-17H2,2-5H3. The molecule has 0 spiro atoms. The molecule has 3 N–H and O–H groups in total. The molecular formula is C27H44O3. The van der Waals surface area contributed by atoms with Crippen LogP contribution in [0.4, 0.5) is 0 Å². The Morgan fingerprint density at radius 2 is 1.93 bits per heavy atom. The molecule has 6 atom stereocenters. The fraction of sp³-hybridized carbons (Fsp3) is 0.778. The Kier molecular flexibility index (Phi) is 7.37. The molecule has 3 rings (SSSR count). The SMILES string of the molecule is C=C1CCC(O)CC1=CC=C1CCCC2(C)C1CCC2C(C)CC(O)CC(C)(C)O. The van der Waals surface area contributed by atoms with Crippen molar-refractivity contribution in [2.75, 3.05) is 0 Å². The largest absolute Gasteiger partial charge is 0.393 e. The molecule has 30 heavy (non-hydrogen) atoms. The minimum absolute atomic E-state index is 0.219. The molecule has 3 nitrogen and oxygen atoms in total. The quantitative estimate of drug-likeness (QED) is 0.520. The number of allylic oxidation sites excluding steroid dienone is 4. The molecule has 0 aromatic carbocycles. The third kappa shape index (κ3) is 5.47. The maximum Gasteiger partial charge on any atom is 0.0616 e. The van der Waals surface area contributed by atoms with E-state index in [9.17, 15) is 15.3 Å². The molecule has 0 radical (unpaired) electrons. The molecule has 170 valence electrons. The molecule has 6 unspecified atom stereocenters. The molecule has 0 aromatic heterocycles. The Morgan fingerprint density at radius 1 is 1.20 bits per heavy atom. The summed E-state index contributed by atoms with van der Waals surface area (Å²) in [5.74, 6) is 1.72. The second-order valence-electron chi connectivity index (χ2n) is 11.4. The van der Waals surface area contributed by atoms with Gasteiger partial charge in [-0.15, -0.1) is 0 Å². The summed E-state index contributed by atoms with van der Waals surface area (Å²) in [4.78, 5) is 0. The first-order chi connectivity index (χ1) is 14.0. The van der Waals surface area contributed by atoms with Crippen molar-refractivity contribution in [3.8, 4) is 0 Å². The third-order valence-electron chi connectivity index (χ3n) is 8.29. The van der Waals surface area contributed by atoms with E-state index in [0.717, 1.165) is 25.7 Å². The molecule has 0 amide bonds. The first kappa shape index (κ1) is 23.8. The Balaban J connectivity index is 1.71. The van der Waals surface area contributed by atoms with Crippen molar-refractivity contribution in [3.63, 3.8) is 0 Å². The molecule has 0 saturated heterocycles. The summed E-state index contributed by atoms with van der Waals surface area (Å²) in [7, 11) is 0. The normalized spacial score (nSPS) is 37.4. The van der Waals surface area contributed by atoms with Gasteiger partial charge in [-0.05, 0) is 100 Å². The van der Waals surface area contributed by atoms with Crippen molar-refractivity contribution in [2.24, 2.45) is 23.2 Å². The summed E-state index contributed by atoms with van der Waals surface area (Å²) in [5, 5.41) is 30.6. The number of aliphatic hydroxyl groups is 3. The summed E-state index contributed by atoms with van der Waals surface area (Å²) in [6.45, 7) is 12.6. The highest BCUT2D eigenvalue weighted by molar-refractivity contribution is 5.36. The lowest BCUT2D eigenvalue weighted by Crippen LogP contribution is -2.37. The zero-order chi connectivity index (χ0) is 22.1. The number of aliphatic hydroxyl groups excluding tert-OH is 2. The molecule has 0 aromatic rings. The van der Waals surface area contributed by atoms with Crippen molar-refractivity contribution in [2.45, 2.75) is 110 Å². The first-order valence-corrected chi connectivity index (χ1v) is 12.2. The van der Waals surface area contributed by atoms with Gasteiger partial charge in [-0.3, -0.25) is 0 Å². The molecule has 3 saturated carbocycles. The van der Waals surface area contributed by atoms with E-state index in [-0.39, 0.29) is 6.10 Å². The topological polar surface area (TPSA) is 60.7 Å². The number of hydrogen-bond donors (Lipinski definition) is 3. The van der Waals surface area contributed by atoms with Crippen molar-refractivity contribution in [1.29, 1.82) is 0 Å². The lowest BCUT2D eigenvalue weighted by Gasteiger charge is -2.44. The molecule has 3 aliphatic carbocycles. The zero-order valence-electron chi connectivity index (χ0n) is 19.7. The van der Waals surface area contributed by atoms with E-state index in [2.05, 4.69) is 32.6 Å².